The lowest BCUT2D eigenvalue weighted by Crippen LogP contribution is -2.24. The van der Waals surface area contributed by atoms with Gasteiger partial charge in [-0.05, 0) is 25.3 Å². The summed E-state index contributed by atoms with van der Waals surface area (Å²) in [6, 6.07) is 0. The molecule has 2 N–H and O–H groups in total. The van der Waals surface area contributed by atoms with Gasteiger partial charge in [-0.15, -0.1) is 12.4 Å². The maximum atomic E-state index is 9.94. The van der Waals surface area contributed by atoms with Crippen LogP contribution in [0.4, 0.5) is 0 Å². The molecular weight excluding hydrogens is 154 g/mol. The van der Waals surface area contributed by atoms with E-state index in [4.69, 9.17) is 5.11 Å². The number of aliphatic carboxylic acids is 1. The van der Waals surface area contributed by atoms with Crippen molar-refractivity contribution in [3.8, 4) is 0 Å². The number of hydrogen-bond acceptors (Lipinski definition) is 2. The molecule has 0 aliphatic heterocycles. The largest absolute Gasteiger partial charge is 0.480 e. The number of rotatable bonds is 4. The monoisotopic (exact) mass is 165 g/mol. The third kappa shape index (κ3) is 4.58. The van der Waals surface area contributed by atoms with Crippen molar-refractivity contribution in [1.82, 2.24) is 5.32 Å². The van der Waals surface area contributed by atoms with Crippen LogP contribution in [-0.2, 0) is 4.79 Å². The highest BCUT2D eigenvalue weighted by atomic mass is 35.5. The van der Waals surface area contributed by atoms with Crippen LogP contribution >= 0.6 is 12.4 Å². The minimum atomic E-state index is -0.768. The van der Waals surface area contributed by atoms with Gasteiger partial charge in [-0.25, -0.2) is 0 Å². The first-order valence-electron chi connectivity index (χ1n) is 3.21. The number of nitrogens with one attached hydrogen (secondary N) is 1. The standard InChI is InChI=1S/C6H11NO2.ClH/c8-6(9)4-7-3-5-1-2-5;/h5,7H,1-4H2,(H,8,9);1H. The van der Waals surface area contributed by atoms with E-state index in [9.17, 15) is 4.79 Å². The minimum absolute atomic E-state index is 0. The van der Waals surface area contributed by atoms with Crippen molar-refractivity contribution in [2.45, 2.75) is 12.8 Å². The van der Waals surface area contributed by atoms with Crippen LogP contribution in [0, 0.1) is 5.92 Å². The summed E-state index contributed by atoms with van der Waals surface area (Å²) in [5.74, 6) is -0.000000000000000222. The summed E-state index contributed by atoms with van der Waals surface area (Å²) in [6.45, 7) is 0.989. The Bertz CT molecular complexity index is 114. The predicted octanol–water partition coefficient (Wildman–Crippen LogP) is 0.492. The summed E-state index contributed by atoms with van der Waals surface area (Å²) in [7, 11) is 0. The Balaban J connectivity index is 0.000000810. The molecule has 1 fully saturated rings. The first kappa shape index (κ1) is 9.72. The van der Waals surface area contributed by atoms with Crippen LogP contribution < -0.4 is 5.32 Å². The molecule has 3 nitrogen and oxygen atoms in total. The average Bonchev–Trinajstić information content (AvgIpc) is 2.48. The topological polar surface area (TPSA) is 49.3 Å². The molecule has 60 valence electrons. The molecule has 1 aliphatic rings. The van der Waals surface area contributed by atoms with Crippen molar-refractivity contribution in [1.29, 1.82) is 0 Å². The van der Waals surface area contributed by atoms with E-state index in [1.54, 1.807) is 0 Å². The lowest BCUT2D eigenvalue weighted by molar-refractivity contribution is -0.135. The highest BCUT2D eigenvalue weighted by molar-refractivity contribution is 5.85. The Morgan fingerprint density at radius 1 is 1.60 bits per heavy atom. The Kier molecular flexibility index (Phi) is 4.40. The Morgan fingerprint density at radius 3 is 2.60 bits per heavy atom. The molecule has 0 heterocycles. The van der Waals surface area contributed by atoms with Gasteiger partial charge in [0.1, 0.15) is 0 Å². The number of carbonyl (C=O) groups is 1. The Labute approximate surface area is 66.2 Å². The molecule has 4 heteroatoms. The number of carboxylic acids is 1. The van der Waals surface area contributed by atoms with Crippen molar-refractivity contribution >= 4 is 18.4 Å². The van der Waals surface area contributed by atoms with Gasteiger partial charge in [-0.3, -0.25) is 4.79 Å². The van der Waals surface area contributed by atoms with E-state index in [1.165, 1.54) is 12.8 Å². The summed E-state index contributed by atoms with van der Waals surface area (Å²) in [5, 5.41) is 11.0. The van der Waals surface area contributed by atoms with Gasteiger partial charge in [0.15, 0.2) is 0 Å². The number of halogens is 1. The second kappa shape index (κ2) is 4.52. The van der Waals surface area contributed by atoms with Crippen LogP contribution in [0.1, 0.15) is 12.8 Å². The first-order chi connectivity index (χ1) is 4.29. The van der Waals surface area contributed by atoms with Crippen molar-refractivity contribution < 1.29 is 9.90 Å². The molecule has 0 atom stereocenters. The molecule has 0 radical (unpaired) electrons. The second-order valence-corrected chi connectivity index (χ2v) is 2.47. The van der Waals surface area contributed by atoms with Crippen molar-refractivity contribution in [2.24, 2.45) is 5.92 Å². The van der Waals surface area contributed by atoms with Gasteiger partial charge >= 0.3 is 5.97 Å². The second-order valence-electron chi connectivity index (χ2n) is 2.47. The molecule has 1 saturated carbocycles. The lowest BCUT2D eigenvalue weighted by atomic mass is 10.4. The number of hydrogen-bond donors (Lipinski definition) is 2. The summed E-state index contributed by atoms with van der Waals surface area (Å²) in [4.78, 5) is 9.94. The summed E-state index contributed by atoms with van der Waals surface area (Å²) < 4.78 is 0. The van der Waals surface area contributed by atoms with E-state index in [-0.39, 0.29) is 19.0 Å². The van der Waals surface area contributed by atoms with Crippen LogP contribution in [0.3, 0.4) is 0 Å². The molecule has 0 aromatic heterocycles. The van der Waals surface area contributed by atoms with Crippen LogP contribution in [0.2, 0.25) is 0 Å². The molecule has 0 spiro atoms. The fraction of sp³-hybridized carbons (Fsp3) is 0.833. The van der Waals surface area contributed by atoms with Crippen molar-refractivity contribution in [3.63, 3.8) is 0 Å². The van der Waals surface area contributed by atoms with Gasteiger partial charge in [-0.2, -0.15) is 0 Å². The smallest absolute Gasteiger partial charge is 0.317 e. The Morgan fingerprint density at radius 2 is 2.20 bits per heavy atom. The third-order valence-corrected chi connectivity index (χ3v) is 1.41. The van der Waals surface area contributed by atoms with E-state index < -0.39 is 5.97 Å². The van der Waals surface area contributed by atoms with Gasteiger partial charge in [0.2, 0.25) is 0 Å². The molecule has 0 unspecified atom stereocenters. The van der Waals surface area contributed by atoms with E-state index in [1.807, 2.05) is 0 Å². The normalized spacial score (nSPS) is 16.0. The molecule has 10 heavy (non-hydrogen) atoms. The molecular formula is C6H12ClNO2. The highest BCUT2D eigenvalue weighted by Gasteiger charge is 2.20. The molecule has 0 aromatic rings. The zero-order valence-electron chi connectivity index (χ0n) is 5.67. The fourth-order valence-electron chi connectivity index (χ4n) is 0.705. The lowest BCUT2D eigenvalue weighted by Gasteiger charge is -1.96. The maximum absolute atomic E-state index is 9.94. The zero-order chi connectivity index (χ0) is 6.69. The molecule has 1 aliphatic carbocycles. The maximum Gasteiger partial charge on any atom is 0.317 e. The summed E-state index contributed by atoms with van der Waals surface area (Å²) in [5.41, 5.74) is 0. The van der Waals surface area contributed by atoms with Gasteiger partial charge in [0.05, 0.1) is 6.54 Å². The van der Waals surface area contributed by atoms with Gasteiger partial charge < -0.3 is 10.4 Å². The van der Waals surface area contributed by atoms with Gasteiger partial charge in [0, 0.05) is 0 Å². The van der Waals surface area contributed by atoms with E-state index in [0.29, 0.717) is 0 Å². The van der Waals surface area contributed by atoms with Crippen LogP contribution in [0.25, 0.3) is 0 Å². The fourth-order valence-corrected chi connectivity index (χ4v) is 0.705. The van der Waals surface area contributed by atoms with Gasteiger partial charge in [-0.1, -0.05) is 0 Å². The number of carboxylic acid groups (broad SMARTS) is 1. The van der Waals surface area contributed by atoms with Crippen LogP contribution in [0.5, 0.6) is 0 Å². The summed E-state index contributed by atoms with van der Waals surface area (Å²) in [6.07, 6.45) is 2.54. The van der Waals surface area contributed by atoms with Gasteiger partial charge in [0.25, 0.3) is 0 Å². The third-order valence-electron chi connectivity index (χ3n) is 1.41. The van der Waals surface area contributed by atoms with Crippen molar-refractivity contribution in [2.75, 3.05) is 13.1 Å². The molecule has 0 amide bonds. The molecule has 1 rings (SSSR count). The predicted molar refractivity (Wildman–Crippen MR) is 40.5 cm³/mol. The van der Waals surface area contributed by atoms with Crippen LogP contribution in [0.15, 0.2) is 0 Å². The van der Waals surface area contributed by atoms with E-state index >= 15 is 0 Å². The minimum Gasteiger partial charge on any atom is -0.480 e. The van der Waals surface area contributed by atoms with Crippen LogP contribution in [-0.4, -0.2) is 24.2 Å². The average molecular weight is 166 g/mol. The Hall–Kier alpha value is -0.280. The zero-order valence-corrected chi connectivity index (χ0v) is 6.49. The van der Waals surface area contributed by atoms with E-state index in [0.717, 1.165) is 12.5 Å². The molecule has 0 saturated heterocycles. The quantitative estimate of drug-likeness (QED) is 0.638. The van der Waals surface area contributed by atoms with E-state index in [2.05, 4.69) is 5.32 Å². The molecule has 0 bridgehead atoms. The summed E-state index contributed by atoms with van der Waals surface area (Å²) >= 11 is 0. The van der Waals surface area contributed by atoms with Crippen molar-refractivity contribution in [3.05, 3.63) is 0 Å². The highest BCUT2D eigenvalue weighted by Crippen LogP contribution is 2.27. The first-order valence-corrected chi connectivity index (χ1v) is 3.21. The molecule has 0 aromatic carbocycles. The SMILES string of the molecule is Cl.O=C(O)CNCC1CC1.